The molecule has 2 aromatic rings. The normalized spacial score (nSPS) is 18.6. The molecule has 0 unspecified atom stereocenters. The van der Waals surface area contributed by atoms with Crippen LogP contribution in [0.15, 0.2) is 47.4 Å². The number of morpholine rings is 1. The van der Waals surface area contributed by atoms with Crippen LogP contribution in [-0.2, 0) is 19.6 Å². The Balaban J connectivity index is 1.47. The molecule has 1 atom stereocenters. The Kier molecular flexibility index (Phi) is 5.69. The first-order chi connectivity index (χ1) is 14.5. The second-order valence-corrected chi connectivity index (χ2v) is 8.48. The number of sulfonamides is 1. The van der Waals surface area contributed by atoms with Crippen molar-refractivity contribution >= 4 is 21.6 Å². The Morgan fingerprint density at radius 2 is 1.83 bits per heavy atom. The van der Waals surface area contributed by atoms with Gasteiger partial charge in [-0.25, -0.2) is 8.42 Å². The number of carbonyl (C=O) groups excluding carboxylic acids is 1. The van der Waals surface area contributed by atoms with E-state index in [0.717, 1.165) is 0 Å². The molecule has 1 N–H and O–H groups in total. The third kappa shape index (κ3) is 4.29. The van der Waals surface area contributed by atoms with Crippen LogP contribution in [-0.4, -0.2) is 65.3 Å². The number of nitrogens with one attached hydrogen (secondary N) is 1. The average Bonchev–Trinajstić information content (AvgIpc) is 2.78. The SMILES string of the molecule is COc1ccc(NS(=O)(=O)c2ccc3c(c2)OC[C@H](C(=O)N2CCOCC2)O3)cc1. The van der Waals surface area contributed by atoms with E-state index in [1.54, 1.807) is 29.2 Å². The van der Waals surface area contributed by atoms with Gasteiger partial charge in [-0.15, -0.1) is 0 Å². The van der Waals surface area contributed by atoms with E-state index in [0.29, 0.717) is 43.5 Å². The molecule has 1 amide bonds. The zero-order chi connectivity index (χ0) is 21.1. The summed E-state index contributed by atoms with van der Waals surface area (Å²) < 4.78 is 49.7. The number of anilines is 1. The Labute approximate surface area is 174 Å². The molecule has 0 saturated carbocycles. The van der Waals surface area contributed by atoms with Crippen molar-refractivity contribution in [2.45, 2.75) is 11.0 Å². The lowest BCUT2D eigenvalue weighted by atomic mass is 10.2. The van der Waals surface area contributed by atoms with E-state index < -0.39 is 16.1 Å². The molecule has 0 bridgehead atoms. The molecule has 160 valence electrons. The number of hydrogen-bond acceptors (Lipinski definition) is 7. The van der Waals surface area contributed by atoms with Gasteiger partial charge in [-0.2, -0.15) is 0 Å². The van der Waals surface area contributed by atoms with Crippen molar-refractivity contribution in [2.24, 2.45) is 0 Å². The molecule has 2 aliphatic heterocycles. The highest BCUT2D eigenvalue weighted by Crippen LogP contribution is 2.34. The van der Waals surface area contributed by atoms with E-state index in [1.165, 1.54) is 25.3 Å². The predicted molar refractivity (Wildman–Crippen MR) is 108 cm³/mol. The van der Waals surface area contributed by atoms with Gasteiger partial charge in [-0.05, 0) is 36.4 Å². The van der Waals surface area contributed by atoms with Gasteiger partial charge in [0.1, 0.15) is 12.4 Å². The minimum atomic E-state index is -3.83. The maximum atomic E-state index is 12.7. The number of carbonyl (C=O) groups is 1. The topological polar surface area (TPSA) is 103 Å². The Bertz CT molecular complexity index is 1020. The Morgan fingerprint density at radius 1 is 1.10 bits per heavy atom. The van der Waals surface area contributed by atoms with Crippen molar-refractivity contribution in [3.8, 4) is 17.2 Å². The molecule has 0 radical (unpaired) electrons. The maximum absolute atomic E-state index is 12.7. The van der Waals surface area contributed by atoms with E-state index in [9.17, 15) is 13.2 Å². The van der Waals surface area contributed by atoms with Crippen LogP contribution in [0.5, 0.6) is 17.2 Å². The highest BCUT2D eigenvalue weighted by Gasteiger charge is 2.32. The van der Waals surface area contributed by atoms with Crippen LogP contribution >= 0.6 is 0 Å². The maximum Gasteiger partial charge on any atom is 0.267 e. The van der Waals surface area contributed by atoms with Gasteiger partial charge < -0.3 is 23.8 Å². The second-order valence-electron chi connectivity index (χ2n) is 6.80. The van der Waals surface area contributed by atoms with Crippen molar-refractivity contribution in [1.82, 2.24) is 4.90 Å². The molecule has 10 heteroatoms. The quantitative estimate of drug-likeness (QED) is 0.761. The van der Waals surface area contributed by atoms with E-state index in [4.69, 9.17) is 18.9 Å². The molecule has 2 heterocycles. The summed E-state index contributed by atoms with van der Waals surface area (Å²) in [7, 11) is -2.29. The van der Waals surface area contributed by atoms with E-state index >= 15 is 0 Å². The van der Waals surface area contributed by atoms with Crippen molar-refractivity contribution in [3.63, 3.8) is 0 Å². The summed E-state index contributed by atoms with van der Waals surface area (Å²) in [6.07, 6.45) is -0.768. The summed E-state index contributed by atoms with van der Waals surface area (Å²) in [5.41, 5.74) is 0.405. The van der Waals surface area contributed by atoms with Gasteiger partial charge in [-0.1, -0.05) is 0 Å². The highest BCUT2D eigenvalue weighted by molar-refractivity contribution is 7.92. The van der Waals surface area contributed by atoms with Crippen molar-refractivity contribution in [1.29, 1.82) is 0 Å². The molecule has 0 aromatic heterocycles. The number of methoxy groups -OCH3 is 1. The lowest BCUT2D eigenvalue weighted by Gasteiger charge is -2.32. The van der Waals surface area contributed by atoms with E-state index in [2.05, 4.69) is 4.72 Å². The molecule has 0 aliphatic carbocycles. The number of amides is 1. The average molecular weight is 434 g/mol. The van der Waals surface area contributed by atoms with Crippen LogP contribution in [0.1, 0.15) is 0 Å². The minimum Gasteiger partial charge on any atom is -0.497 e. The zero-order valence-electron chi connectivity index (χ0n) is 16.4. The Hall–Kier alpha value is -2.98. The molecular weight excluding hydrogens is 412 g/mol. The molecule has 2 aliphatic rings. The van der Waals surface area contributed by atoms with Crippen LogP contribution in [0.4, 0.5) is 5.69 Å². The van der Waals surface area contributed by atoms with Crippen molar-refractivity contribution in [3.05, 3.63) is 42.5 Å². The molecule has 9 nitrogen and oxygen atoms in total. The Morgan fingerprint density at radius 3 is 2.53 bits per heavy atom. The van der Waals surface area contributed by atoms with Crippen LogP contribution in [0.25, 0.3) is 0 Å². The largest absolute Gasteiger partial charge is 0.497 e. The van der Waals surface area contributed by atoms with Gasteiger partial charge in [0.2, 0.25) is 6.10 Å². The summed E-state index contributed by atoms with van der Waals surface area (Å²) in [6.45, 7) is 2.04. The molecule has 1 saturated heterocycles. The number of benzene rings is 2. The summed E-state index contributed by atoms with van der Waals surface area (Å²) in [5, 5.41) is 0. The molecule has 30 heavy (non-hydrogen) atoms. The summed E-state index contributed by atoms with van der Waals surface area (Å²) >= 11 is 0. The standard InChI is InChI=1S/C20H22N2O7S/c1-26-15-4-2-14(3-5-15)21-30(24,25)16-6-7-17-18(12-16)28-13-19(29-17)20(23)22-8-10-27-11-9-22/h2-7,12,19,21H,8-11,13H2,1H3/t19-/m1/s1. The fourth-order valence-electron chi connectivity index (χ4n) is 3.20. The fraction of sp³-hybridized carbons (Fsp3) is 0.350. The lowest BCUT2D eigenvalue weighted by molar-refractivity contribution is -0.145. The highest BCUT2D eigenvalue weighted by atomic mass is 32.2. The van der Waals surface area contributed by atoms with Crippen LogP contribution < -0.4 is 18.9 Å². The molecular formula is C20H22N2O7S. The smallest absolute Gasteiger partial charge is 0.267 e. The number of hydrogen-bond donors (Lipinski definition) is 1. The first-order valence-corrected chi connectivity index (χ1v) is 10.9. The number of nitrogens with zero attached hydrogens (tertiary/aromatic N) is 1. The van der Waals surface area contributed by atoms with Gasteiger partial charge in [0.05, 0.1) is 25.2 Å². The van der Waals surface area contributed by atoms with E-state index in [-0.39, 0.29) is 23.2 Å². The molecule has 0 spiro atoms. The lowest BCUT2D eigenvalue weighted by Crippen LogP contribution is -2.50. The third-order valence-corrected chi connectivity index (χ3v) is 6.20. The second kappa shape index (κ2) is 8.41. The molecule has 1 fully saturated rings. The van der Waals surface area contributed by atoms with Gasteiger partial charge >= 0.3 is 0 Å². The number of rotatable bonds is 5. The summed E-state index contributed by atoms with van der Waals surface area (Å²) in [4.78, 5) is 14.3. The first kappa shape index (κ1) is 20.3. The van der Waals surface area contributed by atoms with Gasteiger partial charge in [-0.3, -0.25) is 9.52 Å². The third-order valence-electron chi connectivity index (χ3n) is 4.83. The van der Waals surface area contributed by atoms with Crippen LogP contribution in [0, 0.1) is 0 Å². The monoisotopic (exact) mass is 434 g/mol. The van der Waals surface area contributed by atoms with Gasteiger partial charge in [0, 0.05) is 24.8 Å². The molecule has 2 aromatic carbocycles. The van der Waals surface area contributed by atoms with Gasteiger partial charge in [0.15, 0.2) is 11.5 Å². The fourth-order valence-corrected chi connectivity index (χ4v) is 4.27. The zero-order valence-corrected chi connectivity index (χ0v) is 17.2. The van der Waals surface area contributed by atoms with Crippen LogP contribution in [0.2, 0.25) is 0 Å². The molecule has 4 rings (SSSR count). The van der Waals surface area contributed by atoms with Crippen molar-refractivity contribution < 1.29 is 32.2 Å². The van der Waals surface area contributed by atoms with Crippen LogP contribution in [0.3, 0.4) is 0 Å². The summed E-state index contributed by atoms with van der Waals surface area (Å²) in [5.74, 6) is 1.06. The first-order valence-electron chi connectivity index (χ1n) is 9.43. The predicted octanol–water partition coefficient (Wildman–Crippen LogP) is 1.49. The van der Waals surface area contributed by atoms with Gasteiger partial charge in [0.25, 0.3) is 15.9 Å². The van der Waals surface area contributed by atoms with E-state index in [1.807, 2.05) is 0 Å². The number of fused-ring (bicyclic) bond motifs is 1. The summed E-state index contributed by atoms with van der Waals surface area (Å²) in [6, 6.07) is 10.8. The minimum absolute atomic E-state index is 0.0125. The number of ether oxygens (including phenoxy) is 4. The van der Waals surface area contributed by atoms with Crippen molar-refractivity contribution in [2.75, 3.05) is 44.7 Å².